The minimum atomic E-state index is 0. The van der Waals surface area contributed by atoms with Crippen molar-refractivity contribution < 1.29 is 28.5 Å². The molecule has 0 amide bonds. The predicted molar refractivity (Wildman–Crippen MR) is 28.0 cm³/mol. The van der Waals surface area contributed by atoms with Crippen LogP contribution < -0.4 is 28.5 Å². The molecule has 0 saturated heterocycles. The molecular weight excluding hydrogens is 235 g/mol. The van der Waals surface area contributed by atoms with Crippen molar-refractivity contribution in [1.82, 2.24) is 4.37 Å². The Morgan fingerprint density at radius 3 is 2.75 bits per heavy atom. The van der Waals surface area contributed by atoms with Crippen molar-refractivity contribution in [3.8, 4) is 0 Å². The minimum absolute atomic E-state index is 0. The Morgan fingerprint density at radius 2 is 2.50 bits per heavy atom. The average molecular weight is 242 g/mol. The van der Waals surface area contributed by atoms with Crippen LogP contribution in [0, 0.1) is 0 Å². The van der Waals surface area contributed by atoms with Crippen LogP contribution in [0.1, 0.15) is 6.92 Å². The SMILES string of the molecule is CC[n+]1cnsc1.[I-]. The molecule has 2 nitrogen and oxygen atoms in total. The first kappa shape index (κ1) is 8.29. The first-order chi connectivity index (χ1) is 3.43. The third-order valence-electron chi connectivity index (χ3n) is 0.804. The Morgan fingerprint density at radius 1 is 1.75 bits per heavy atom. The summed E-state index contributed by atoms with van der Waals surface area (Å²) in [6, 6.07) is 0. The van der Waals surface area contributed by atoms with Crippen molar-refractivity contribution in [2.75, 3.05) is 0 Å². The Kier molecular flexibility index (Phi) is 4.35. The summed E-state index contributed by atoms with van der Waals surface area (Å²) < 4.78 is 5.93. The van der Waals surface area contributed by atoms with E-state index < -0.39 is 0 Å². The summed E-state index contributed by atoms with van der Waals surface area (Å²) in [5.74, 6) is 0. The lowest BCUT2D eigenvalue weighted by atomic mass is 10.7. The van der Waals surface area contributed by atoms with Crippen LogP contribution in [0.25, 0.3) is 0 Å². The van der Waals surface area contributed by atoms with E-state index in [0.29, 0.717) is 0 Å². The lowest BCUT2D eigenvalue weighted by Gasteiger charge is -1.76. The van der Waals surface area contributed by atoms with Crippen molar-refractivity contribution in [2.24, 2.45) is 0 Å². The zero-order valence-electron chi connectivity index (χ0n) is 4.54. The van der Waals surface area contributed by atoms with Gasteiger partial charge in [-0.3, -0.25) is 0 Å². The van der Waals surface area contributed by atoms with Crippen molar-refractivity contribution in [1.29, 1.82) is 0 Å². The maximum Gasteiger partial charge on any atom is 0.301 e. The van der Waals surface area contributed by atoms with Gasteiger partial charge in [-0.2, -0.15) is 0 Å². The molecule has 0 fully saturated rings. The molecule has 4 heteroatoms. The van der Waals surface area contributed by atoms with E-state index in [0.717, 1.165) is 6.54 Å². The summed E-state index contributed by atoms with van der Waals surface area (Å²) in [5.41, 5.74) is 1.99. The molecule has 46 valence electrons. The summed E-state index contributed by atoms with van der Waals surface area (Å²) in [6.45, 7) is 3.12. The van der Waals surface area contributed by atoms with Crippen LogP contribution >= 0.6 is 11.5 Å². The molecule has 0 radical (unpaired) electrons. The number of halogens is 1. The van der Waals surface area contributed by atoms with Gasteiger partial charge in [0.25, 0.3) is 0 Å². The Hall–Kier alpha value is 0.290. The van der Waals surface area contributed by atoms with E-state index in [9.17, 15) is 0 Å². The zero-order chi connectivity index (χ0) is 5.11. The van der Waals surface area contributed by atoms with Crippen molar-refractivity contribution in [3.05, 3.63) is 11.8 Å². The maximum atomic E-state index is 3.90. The van der Waals surface area contributed by atoms with Crippen molar-refractivity contribution in [3.63, 3.8) is 0 Å². The van der Waals surface area contributed by atoms with Crippen LogP contribution in [-0.2, 0) is 6.54 Å². The summed E-state index contributed by atoms with van der Waals surface area (Å²) in [7, 11) is 0. The molecule has 1 aromatic heterocycles. The van der Waals surface area contributed by atoms with E-state index in [1.54, 1.807) is 0 Å². The fraction of sp³-hybridized carbons (Fsp3) is 0.500. The zero-order valence-corrected chi connectivity index (χ0v) is 7.52. The molecule has 1 aromatic rings. The van der Waals surface area contributed by atoms with Gasteiger partial charge in [-0.25, -0.2) is 4.57 Å². The average Bonchev–Trinajstić information content (AvgIpc) is 2.14. The quantitative estimate of drug-likeness (QED) is 0.391. The van der Waals surface area contributed by atoms with E-state index in [-0.39, 0.29) is 24.0 Å². The smallest absolute Gasteiger partial charge is 0.301 e. The largest absolute Gasteiger partial charge is 1.00 e. The third kappa shape index (κ3) is 2.04. The molecule has 0 saturated carbocycles. The standard InChI is InChI=1S/C4H7N2S.HI/c1-2-6-3-5-7-4-6;/h3-4H,2H2,1H3;1H/q+1;/p-1. The van der Waals surface area contributed by atoms with Crippen LogP contribution in [0.5, 0.6) is 0 Å². The van der Waals surface area contributed by atoms with E-state index in [2.05, 4.69) is 11.3 Å². The van der Waals surface area contributed by atoms with E-state index in [1.165, 1.54) is 11.5 Å². The molecule has 0 aromatic carbocycles. The fourth-order valence-electron chi connectivity index (χ4n) is 0.359. The summed E-state index contributed by atoms with van der Waals surface area (Å²) >= 11 is 1.48. The predicted octanol–water partition coefficient (Wildman–Crippen LogP) is -2.55. The van der Waals surface area contributed by atoms with Crippen LogP contribution in [0.15, 0.2) is 11.8 Å². The van der Waals surface area contributed by atoms with Crippen molar-refractivity contribution >= 4 is 11.5 Å². The maximum absolute atomic E-state index is 3.90. The second kappa shape index (κ2) is 4.20. The molecule has 0 N–H and O–H groups in total. The molecule has 0 atom stereocenters. The number of hydrogen-bond acceptors (Lipinski definition) is 2. The van der Waals surface area contributed by atoms with Gasteiger partial charge in [0.2, 0.25) is 0 Å². The van der Waals surface area contributed by atoms with Gasteiger partial charge in [-0.1, -0.05) is 0 Å². The van der Waals surface area contributed by atoms with Crippen LogP contribution in [0.4, 0.5) is 0 Å². The molecule has 0 unspecified atom stereocenters. The number of aromatic nitrogens is 2. The van der Waals surface area contributed by atoms with E-state index in [1.807, 2.05) is 16.4 Å². The monoisotopic (exact) mass is 242 g/mol. The highest BCUT2D eigenvalue weighted by Crippen LogP contribution is 1.77. The molecule has 0 bridgehead atoms. The summed E-state index contributed by atoms with van der Waals surface area (Å²) in [4.78, 5) is 0. The number of rotatable bonds is 1. The highest BCUT2D eigenvalue weighted by Gasteiger charge is 1.90. The van der Waals surface area contributed by atoms with Crippen LogP contribution in [-0.4, -0.2) is 4.37 Å². The topological polar surface area (TPSA) is 16.8 Å². The number of nitrogens with zero attached hydrogens (tertiary/aromatic N) is 2. The van der Waals surface area contributed by atoms with Gasteiger partial charge in [0.05, 0.1) is 6.54 Å². The normalized spacial score (nSPS) is 8.12. The molecule has 0 aliphatic rings. The first-order valence-electron chi connectivity index (χ1n) is 2.22. The van der Waals surface area contributed by atoms with Crippen molar-refractivity contribution in [2.45, 2.75) is 13.5 Å². The molecule has 0 aliphatic heterocycles. The molecule has 1 heterocycles. The number of hydrogen-bond donors (Lipinski definition) is 0. The lowest BCUT2D eigenvalue weighted by molar-refractivity contribution is -0.690. The van der Waals surface area contributed by atoms with Crippen LogP contribution in [0.2, 0.25) is 0 Å². The van der Waals surface area contributed by atoms with Crippen LogP contribution in [0.3, 0.4) is 0 Å². The van der Waals surface area contributed by atoms with Gasteiger partial charge in [-0.05, 0) is 6.92 Å². The Bertz CT molecular complexity index is 129. The Balaban J connectivity index is 0.000000490. The fourth-order valence-corrected chi connectivity index (χ4v) is 0.914. The van der Waals surface area contributed by atoms with Gasteiger partial charge in [-0.15, -0.1) is 0 Å². The van der Waals surface area contributed by atoms with Gasteiger partial charge in [0.1, 0.15) is 11.5 Å². The Labute approximate surface area is 69.7 Å². The highest BCUT2D eigenvalue weighted by molar-refractivity contribution is 7.02. The lowest BCUT2D eigenvalue weighted by Crippen LogP contribution is -3.00. The highest BCUT2D eigenvalue weighted by atomic mass is 127. The molecular formula is C4H7IN2S. The van der Waals surface area contributed by atoms with Gasteiger partial charge in [0.15, 0.2) is 5.51 Å². The number of aryl methyl sites for hydroxylation is 1. The summed E-state index contributed by atoms with van der Waals surface area (Å²) in [6.07, 6.45) is 1.82. The summed E-state index contributed by atoms with van der Waals surface area (Å²) in [5, 5.41) is 0. The van der Waals surface area contributed by atoms with Gasteiger partial charge < -0.3 is 24.0 Å². The van der Waals surface area contributed by atoms with E-state index in [4.69, 9.17) is 0 Å². The molecule has 8 heavy (non-hydrogen) atoms. The third-order valence-corrected chi connectivity index (χ3v) is 1.39. The second-order valence-corrected chi connectivity index (χ2v) is 1.89. The molecule has 0 spiro atoms. The van der Waals surface area contributed by atoms with Gasteiger partial charge in [0, 0.05) is 4.37 Å². The van der Waals surface area contributed by atoms with Gasteiger partial charge >= 0.3 is 6.33 Å². The van der Waals surface area contributed by atoms with E-state index >= 15 is 0 Å². The molecule has 1 rings (SSSR count). The minimum Gasteiger partial charge on any atom is -1.00 e. The second-order valence-electron chi connectivity index (χ2n) is 1.26. The first-order valence-corrected chi connectivity index (χ1v) is 3.05. The molecule has 0 aliphatic carbocycles.